The number of carbonyl (C=O) groups is 1. The largest absolute Gasteiger partial charge is 0.321 e. The number of quaternary nitrogens is 1. The molecule has 0 spiro atoms. The molecular weight excluding hydrogens is 339 g/mol. The summed E-state index contributed by atoms with van der Waals surface area (Å²) in [6.45, 7) is 7.09. The molecule has 0 saturated carbocycles. The Kier molecular flexibility index (Phi) is 6.27. The van der Waals surface area contributed by atoms with Crippen LogP contribution in [0.2, 0.25) is 0 Å². The van der Waals surface area contributed by atoms with Crippen LogP contribution in [0, 0.1) is 19.7 Å². The van der Waals surface area contributed by atoms with E-state index in [0.29, 0.717) is 6.54 Å². The maximum Gasteiger partial charge on any atom is 0.279 e. The third kappa shape index (κ3) is 5.16. The van der Waals surface area contributed by atoms with E-state index >= 15 is 0 Å². The van der Waals surface area contributed by atoms with Crippen molar-refractivity contribution in [2.24, 2.45) is 0 Å². The molecule has 1 aliphatic heterocycles. The lowest BCUT2D eigenvalue weighted by Gasteiger charge is -2.37. The van der Waals surface area contributed by atoms with Crippen molar-refractivity contribution in [1.29, 1.82) is 0 Å². The number of nitrogens with one attached hydrogen (secondary N) is 1. The van der Waals surface area contributed by atoms with E-state index in [1.807, 2.05) is 19.9 Å². The standard InChI is InChI=1S/C23H29FN2O/c1-18-14-21(24)15-19(2)23(18)25-22(27)17-26(12-8-3-4-9-13-26)16-20-10-6-5-7-11-20/h5-7,10-11,14-15H,3-4,8-9,12-13,16-17H2,1-2H3/p+1. The van der Waals surface area contributed by atoms with Crippen LogP contribution in [0.3, 0.4) is 0 Å². The molecule has 0 bridgehead atoms. The highest BCUT2D eigenvalue weighted by Gasteiger charge is 2.32. The Hall–Kier alpha value is -2.20. The van der Waals surface area contributed by atoms with Gasteiger partial charge >= 0.3 is 0 Å². The van der Waals surface area contributed by atoms with Gasteiger partial charge in [0.1, 0.15) is 12.4 Å². The van der Waals surface area contributed by atoms with E-state index in [-0.39, 0.29) is 11.7 Å². The summed E-state index contributed by atoms with van der Waals surface area (Å²) in [6, 6.07) is 13.4. The monoisotopic (exact) mass is 369 g/mol. The van der Waals surface area contributed by atoms with Crippen LogP contribution < -0.4 is 5.32 Å². The fourth-order valence-electron chi connectivity index (χ4n) is 4.29. The summed E-state index contributed by atoms with van der Waals surface area (Å²) >= 11 is 0. The molecule has 3 rings (SSSR count). The van der Waals surface area contributed by atoms with E-state index in [1.54, 1.807) is 0 Å². The number of carbonyl (C=O) groups excluding carboxylic acids is 1. The summed E-state index contributed by atoms with van der Waals surface area (Å²) in [5.41, 5.74) is 3.56. The lowest BCUT2D eigenvalue weighted by Crippen LogP contribution is -2.52. The van der Waals surface area contributed by atoms with Crippen LogP contribution in [0.25, 0.3) is 0 Å². The molecule has 0 aromatic heterocycles. The van der Waals surface area contributed by atoms with Gasteiger partial charge in [0, 0.05) is 11.3 Å². The Balaban J connectivity index is 1.78. The number of hydrogen-bond acceptors (Lipinski definition) is 1. The van der Waals surface area contributed by atoms with Gasteiger partial charge in [-0.2, -0.15) is 0 Å². The van der Waals surface area contributed by atoms with E-state index in [4.69, 9.17) is 0 Å². The number of rotatable bonds is 5. The maximum atomic E-state index is 13.6. The van der Waals surface area contributed by atoms with Crippen molar-refractivity contribution >= 4 is 11.6 Å². The number of likely N-dealkylation sites (tertiary alicyclic amines) is 1. The summed E-state index contributed by atoms with van der Waals surface area (Å²) in [5.74, 6) is -0.242. The predicted octanol–water partition coefficient (Wildman–Crippen LogP) is 4.97. The van der Waals surface area contributed by atoms with Gasteiger partial charge in [-0.15, -0.1) is 0 Å². The van der Waals surface area contributed by atoms with Crippen molar-refractivity contribution in [2.45, 2.75) is 46.1 Å². The molecule has 2 aromatic rings. The number of nitrogens with zero attached hydrogens (tertiary/aromatic N) is 1. The zero-order chi connectivity index (χ0) is 19.3. The molecule has 2 aromatic carbocycles. The summed E-state index contributed by atoms with van der Waals surface area (Å²) in [4.78, 5) is 13.0. The van der Waals surface area contributed by atoms with Crippen LogP contribution in [0.5, 0.6) is 0 Å². The highest BCUT2D eigenvalue weighted by atomic mass is 19.1. The fraction of sp³-hybridized carbons (Fsp3) is 0.435. The van der Waals surface area contributed by atoms with Crippen LogP contribution in [0.1, 0.15) is 42.4 Å². The first-order valence-electron chi connectivity index (χ1n) is 9.93. The smallest absolute Gasteiger partial charge is 0.279 e. The molecule has 3 nitrogen and oxygen atoms in total. The van der Waals surface area contributed by atoms with Crippen molar-refractivity contribution in [2.75, 3.05) is 25.0 Å². The average Bonchev–Trinajstić information content (AvgIpc) is 2.84. The second-order valence-electron chi connectivity index (χ2n) is 7.97. The second-order valence-corrected chi connectivity index (χ2v) is 7.97. The van der Waals surface area contributed by atoms with Crippen molar-refractivity contribution in [3.05, 3.63) is 65.0 Å². The van der Waals surface area contributed by atoms with Crippen LogP contribution in [0.15, 0.2) is 42.5 Å². The molecule has 1 fully saturated rings. The van der Waals surface area contributed by atoms with Crippen molar-refractivity contribution in [1.82, 2.24) is 0 Å². The van der Waals surface area contributed by atoms with Crippen LogP contribution in [0.4, 0.5) is 10.1 Å². The number of hydrogen-bond donors (Lipinski definition) is 1. The average molecular weight is 370 g/mol. The Labute approximate surface area is 161 Å². The molecule has 144 valence electrons. The van der Waals surface area contributed by atoms with E-state index in [0.717, 1.165) is 53.8 Å². The van der Waals surface area contributed by atoms with Crippen molar-refractivity contribution in [3.63, 3.8) is 0 Å². The molecule has 1 aliphatic rings. The van der Waals surface area contributed by atoms with Crippen molar-refractivity contribution in [3.8, 4) is 0 Å². The van der Waals surface area contributed by atoms with Gasteiger partial charge in [-0.3, -0.25) is 4.79 Å². The molecular formula is C23H30FN2O+. The summed E-state index contributed by atoms with van der Waals surface area (Å²) in [6.07, 6.45) is 4.81. The fourth-order valence-corrected chi connectivity index (χ4v) is 4.29. The molecule has 4 heteroatoms. The highest BCUT2D eigenvalue weighted by Crippen LogP contribution is 2.25. The first kappa shape index (κ1) is 19.6. The number of anilines is 1. The minimum atomic E-state index is -0.261. The molecule has 0 radical (unpaired) electrons. The third-order valence-electron chi connectivity index (χ3n) is 5.62. The van der Waals surface area contributed by atoms with Gasteiger partial charge in [-0.1, -0.05) is 30.3 Å². The molecule has 1 heterocycles. The minimum Gasteiger partial charge on any atom is -0.321 e. The van der Waals surface area contributed by atoms with E-state index in [9.17, 15) is 9.18 Å². The SMILES string of the molecule is Cc1cc(F)cc(C)c1NC(=O)C[N+]1(Cc2ccccc2)CCCCCC1. The van der Waals surface area contributed by atoms with Crippen molar-refractivity contribution < 1.29 is 13.7 Å². The predicted molar refractivity (Wildman–Crippen MR) is 108 cm³/mol. The van der Waals surface area contributed by atoms with Gasteiger partial charge < -0.3 is 9.80 Å². The van der Waals surface area contributed by atoms with Crippen LogP contribution in [-0.4, -0.2) is 30.0 Å². The van der Waals surface area contributed by atoms with Crippen LogP contribution >= 0.6 is 0 Å². The molecule has 1 amide bonds. The topological polar surface area (TPSA) is 29.1 Å². The number of aryl methyl sites for hydroxylation is 2. The Morgan fingerprint density at radius 2 is 1.59 bits per heavy atom. The summed E-state index contributed by atoms with van der Waals surface area (Å²) in [7, 11) is 0. The number of benzene rings is 2. The normalized spacial score (nSPS) is 16.6. The Morgan fingerprint density at radius 3 is 2.19 bits per heavy atom. The van der Waals surface area contributed by atoms with Crippen LogP contribution in [-0.2, 0) is 11.3 Å². The van der Waals surface area contributed by atoms with Gasteiger partial charge in [0.15, 0.2) is 6.54 Å². The molecule has 27 heavy (non-hydrogen) atoms. The lowest BCUT2D eigenvalue weighted by molar-refractivity contribution is -0.932. The molecule has 0 aliphatic carbocycles. The van der Waals surface area contributed by atoms with Gasteiger partial charge in [-0.05, 0) is 62.8 Å². The van der Waals surface area contributed by atoms with Gasteiger partial charge in [0.25, 0.3) is 5.91 Å². The van der Waals surface area contributed by atoms with Gasteiger partial charge in [0.2, 0.25) is 0 Å². The molecule has 0 unspecified atom stereocenters. The van der Waals surface area contributed by atoms with Gasteiger partial charge in [-0.25, -0.2) is 4.39 Å². The highest BCUT2D eigenvalue weighted by molar-refractivity contribution is 5.93. The summed E-state index contributed by atoms with van der Waals surface area (Å²) in [5, 5.41) is 3.06. The Morgan fingerprint density at radius 1 is 1.00 bits per heavy atom. The molecule has 1 saturated heterocycles. The summed E-state index contributed by atoms with van der Waals surface area (Å²) < 4.78 is 14.4. The first-order chi connectivity index (χ1) is 13.0. The van der Waals surface area contributed by atoms with Gasteiger partial charge in [0.05, 0.1) is 13.1 Å². The second kappa shape index (κ2) is 8.66. The van der Waals surface area contributed by atoms with E-state index in [2.05, 4.69) is 29.6 Å². The zero-order valence-electron chi connectivity index (χ0n) is 16.4. The number of amides is 1. The van der Waals surface area contributed by atoms with E-state index in [1.165, 1.54) is 30.5 Å². The lowest BCUT2D eigenvalue weighted by atomic mass is 10.1. The third-order valence-corrected chi connectivity index (χ3v) is 5.62. The number of halogens is 1. The maximum absolute atomic E-state index is 13.6. The zero-order valence-corrected chi connectivity index (χ0v) is 16.4. The quantitative estimate of drug-likeness (QED) is 0.741. The molecule has 1 N–H and O–H groups in total. The first-order valence-corrected chi connectivity index (χ1v) is 9.93. The molecule has 0 atom stereocenters. The van der Waals surface area contributed by atoms with E-state index < -0.39 is 0 Å². The minimum absolute atomic E-state index is 0.0191. The Bertz CT molecular complexity index is 757.